The second-order valence-corrected chi connectivity index (χ2v) is 8.83. The van der Waals surface area contributed by atoms with E-state index in [0.717, 1.165) is 12.3 Å². The van der Waals surface area contributed by atoms with Gasteiger partial charge < -0.3 is 10.5 Å². The molecule has 7 nitrogen and oxygen atoms in total. The molecule has 0 spiro atoms. The largest absolute Gasteiger partial charge is 0.495 e. The molecule has 0 unspecified atom stereocenters. The molecule has 0 bridgehead atoms. The molecule has 3 N–H and O–H groups in total. The van der Waals surface area contributed by atoms with Gasteiger partial charge in [-0.2, -0.15) is 0 Å². The number of ether oxygens (including phenoxy) is 1. The lowest BCUT2D eigenvalue weighted by Crippen LogP contribution is -2.50. The minimum Gasteiger partial charge on any atom is -0.495 e. The highest BCUT2D eigenvalue weighted by molar-refractivity contribution is 7.91. The fourth-order valence-electron chi connectivity index (χ4n) is 2.14. The summed E-state index contributed by atoms with van der Waals surface area (Å²) < 4.78 is 55.4. The molecule has 1 aliphatic carbocycles. The Bertz CT molecular complexity index is 743. The van der Waals surface area contributed by atoms with Crippen molar-refractivity contribution in [3.63, 3.8) is 0 Å². The Kier molecular flexibility index (Phi) is 5.85. The van der Waals surface area contributed by atoms with Gasteiger partial charge in [-0.05, 0) is 31.0 Å². The first-order valence-corrected chi connectivity index (χ1v) is 9.67. The predicted octanol–water partition coefficient (Wildman–Crippen LogP) is 0.288. The number of hydrogen-bond acceptors (Lipinski definition) is 6. The number of hydrogen-bond donors (Lipinski definition) is 2. The first-order valence-electron chi connectivity index (χ1n) is 6.29. The van der Waals surface area contributed by atoms with Crippen LogP contribution in [0.4, 0.5) is 0 Å². The number of nitrogens with two attached hydrogens (primary N) is 1. The van der Waals surface area contributed by atoms with Crippen LogP contribution >= 0.6 is 12.4 Å². The van der Waals surface area contributed by atoms with Crippen LogP contribution in [0.5, 0.6) is 5.75 Å². The second-order valence-electron chi connectivity index (χ2n) is 5.13. The van der Waals surface area contributed by atoms with E-state index in [1.165, 1.54) is 19.2 Å². The fraction of sp³-hybridized carbons (Fsp3) is 0.500. The van der Waals surface area contributed by atoms with Crippen molar-refractivity contribution in [2.24, 2.45) is 5.73 Å². The topological polar surface area (TPSA) is 116 Å². The van der Waals surface area contributed by atoms with E-state index >= 15 is 0 Å². The van der Waals surface area contributed by atoms with E-state index in [-0.39, 0.29) is 40.0 Å². The van der Waals surface area contributed by atoms with E-state index < -0.39 is 19.9 Å². The summed E-state index contributed by atoms with van der Waals surface area (Å²) >= 11 is 0. The van der Waals surface area contributed by atoms with Crippen molar-refractivity contribution in [1.29, 1.82) is 0 Å². The molecule has 0 atom stereocenters. The van der Waals surface area contributed by atoms with Crippen LogP contribution < -0.4 is 15.2 Å². The average molecular weight is 371 g/mol. The van der Waals surface area contributed by atoms with Crippen molar-refractivity contribution in [2.45, 2.75) is 34.7 Å². The maximum absolute atomic E-state index is 12.4. The van der Waals surface area contributed by atoms with Gasteiger partial charge in [0, 0.05) is 18.3 Å². The van der Waals surface area contributed by atoms with Crippen molar-refractivity contribution < 1.29 is 21.6 Å². The van der Waals surface area contributed by atoms with Crippen LogP contribution in [0.3, 0.4) is 0 Å². The highest BCUT2D eigenvalue weighted by atomic mass is 35.5. The third kappa shape index (κ3) is 4.11. The van der Waals surface area contributed by atoms with Crippen LogP contribution in [0.25, 0.3) is 0 Å². The van der Waals surface area contributed by atoms with E-state index in [1.807, 2.05) is 0 Å². The van der Waals surface area contributed by atoms with E-state index in [9.17, 15) is 16.8 Å². The van der Waals surface area contributed by atoms with Crippen LogP contribution in [-0.2, 0) is 19.9 Å². The Morgan fingerprint density at radius 2 is 1.82 bits per heavy atom. The zero-order valence-corrected chi connectivity index (χ0v) is 14.6. The SMILES string of the molecule is COc1ccc(S(C)(=O)=O)cc1S(=O)(=O)NC1CC(N)C1.Cl. The molecule has 1 aromatic carbocycles. The molecule has 0 amide bonds. The van der Waals surface area contributed by atoms with Gasteiger partial charge in [0.15, 0.2) is 9.84 Å². The third-order valence-corrected chi connectivity index (χ3v) is 6.00. The number of nitrogens with one attached hydrogen (secondary N) is 1. The van der Waals surface area contributed by atoms with E-state index in [4.69, 9.17) is 10.5 Å². The Labute approximate surface area is 136 Å². The van der Waals surface area contributed by atoms with Gasteiger partial charge in [0.25, 0.3) is 0 Å². The molecule has 1 fully saturated rings. The number of sulfone groups is 1. The molecule has 0 aromatic heterocycles. The summed E-state index contributed by atoms with van der Waals surface area (Å²) in [5.74, 6) is 0.0959. The molecule has 22 heavy (non-hydrogen) atoms. The first-order chi connectivity index (χ1) is 9.63. The summed E-state index contributed by atoms with van der Waals surface area (Å²) in [4.78, 5) is -0.262. The van der Waals surface area contributed by atoms with Crippen molar-refractivity contribution >= 4 is 32.3 Å². The number of halogens is 1. The van der Waals surface area contributed by atoms with Crippen LogP contribution in [0.1, 0.15) is 12.8 Å². The minimum absolute atomic E-state index is 0. The highest BCUT2D eigenvalue weighted by Gasteiger charge is 2.32. The Morgan fingerprint density at radius 1 is 1.23 bits per heavy atom. The molecule has 0 aliphatic heterocycles. The van der Waals surface area contributed by atoms with Gasteiger partial charge in [0.05, 0.1) is 12.0 Å². The number of benzene rings is 1. The molecule has 2 rings (SSSR count). The predicted molar refractivity (Wildman–Crippen MR) is 84.7 cm³/mol. The Hall–Kier alpha value is -0.870. The van der Waals surface area contributed by atoms with E-state index in [1.54, 1.807) is 0 Å². The van der Waals surface area contributed by atoms with Crippen molar-refractivity contribution in [3.8, 4) is 5.75 Å². The standard InChI is InChI=1S/C12H18N2O5S2.ClH/c1-19-11-4-3-10(20(2,15)16)7-12(11)21(17,18)14-9-5-8(13)6-9;/h3-4,7-9,14H,5-6,13H2,1-2H3;1H. The normalized spacial score (nSPS) is 21.6. The zero-order valence-electron chi connectivity index (χ0n) is 12.1. The quantitative estimate of drug-likeness (QED) is 0.769. The van der Waals surface area contributed by atoms with Gasteiger partial charge in [-0.15, -0.1) is 12.4 Å². The van der Waals surface area contributed by atoms with Crippen LogP contribution in [0, 0.1) is 0 Å². The monoisotopic (exact) mass is 370 g/mol. The maximum atomic E-state index is 12.4. The smallest absolute Gasteiger partial charge is 0.244 e. The van der Waals surface area contributed by atoms with Crippen molar-refractivity contribution in [2.75, 3.05) is 13.4 Å². The fourth-order valence-corrected chi connectivity index (χ4v) is 4.32. The van der Waals surface area contributed by atoms with Crippen LogP contribution in [0.15, 0.2) is 28.0 Å². The molecular weight excluding hydrogens is 352 g/mol. The van der Waals surface area contributed by atoms with Crippen molar-refractivity contribution in [3.05, 3.63) is 18.2 Å². The van der Waals surface area contributed by atoms with Gasteiger partial charge >= 0.3 is 0 Å². The van der Waals surface area contributed by atoms with Gasteiger partial charge in [0.2, 0.25) is 10.0 Å². The second kappa shape index (κ2) is 6.71. The summed E-state index contributed by atoms with van der Waals surface area (Å²) in [6, 6.07) is 3.53. The van der Waals surface area contributed by atoms with Gasteiger partial charge in [-0.1, -0.05) is 0 Å². The molecule has 10 heteroatoms. The summed E-state index contributed by atoms with van der Waals surface area (Å²) in [6.45, 7) is 0. The van der Waals surface area contributed by atoms with Crippen molar-refractivity contribution in [1.82, 2.24) is 4.72 Å². The van der Waals surface area contributed by atoms with E-state index in [0.29, 0.717) is 12.8 Å². The zero-order chi connectivity index (χ0) is 15.8. The maximum Gasteiger partial charge on any atom is 0.244 e. The lowest BCUT2D eigenvalue weighted by molar-refractivity contribution is 0.326. The summed E-state index contributed by atoms with van der Waals surface area (Å²) in [6.07, 6.45) is 2.14. The van der Waals surface area contributed by atoms with E-state index in [2.05, 4.69) is 4.72 Å². The number of sulfonamides is 1. The average Bonchev–Trinajstić information content (AvgIpc) is 2.34. The minimum atomic E-state index is -3.86. The number of rotatable bonds is 5. The molecule has 0 heterocycles. The Morgan fingerprint density at radius 3 is 2.27 bits per heavy atom. The van der Waals surface area contributed by atoms with Crippen LogP contribution in [-0.4, -0.2) is 42.3 Å². The first kappa shape index (κ1) is 19.2. The Balaban J connectivity index is 0.00000242. The van der Waals surface area contributed by atoms with Gasteiger partial charge in [-0.3, -0.25) is 0 Å². The molecular formula is C12H19ClN2O5S2. The lowest BCUT2D eigenvalue weighted by Gasteiger charge is -2.32. The van der Waals surface area contributed by atoms with Crippen LogP contribution in [0.2, 0.25) is 0 Å². The van der Waals surface area contributed by atoms with Gasteiger partial charge in [-0.25, -0.2) is 21.6 Å². The highest BCUT2D eigenvalue weighted by Crippen LogP contribution is 2.28. The van der Waals surface area contributed by atoms with Gasteiger partial charge in [0.1, 0.15) is 10.6 Å². The molecule has 1 aliphatic rings. The molecule has 126 valence electrons. The molecule has 0 radical (unpaired) electrons. The lowest BCUT2D eigenvalue weighted by atomic mass is 9.89. The third-order valence-electron chi connectivity index (χ3n) is 3.35. The molecule has 1 aromatic rings. The molecule has 0 saturated heterocycles. The molecule has 1 saturated carbocycles. The number of methoxy groups -OCH3 is 1. The summed E-state index contributed by atoms with van der Waals surface area (Å²) in [5.41, 5.74) is 5.62. The summed E-state index contributed by atoms with van der Waals surface area (Å²) in [7, 11) is -6.04. The summed E-state index contributed by atoms with van der Waals surface area (Å²) in [5, 5.41) is 0.